The largest absolute Gasteiger partial charge is 0.414 e. The molecular formula is C11H12F3NO2S. The zero-order chi connectivity index (χ0) is 13.4. The molecule has 1 aromatic carbocycles. The van der Waals surface area contributed by atoms with Crippen LogP contribution in [0.25, 0.3) is 0 Å². The maximum atomic E-state index is 11.7. The Bertz CT molecular complexity index is 370. The van der Waals surface area contributed by atoms with E-state index < -0.39 is 18.7 Å². The van der Waals surface area contributed by atoms with Crippen LogP contribution in [0.3, 0.4) is 0 Å². The van der Waals surface area contributed by atoms with Gasteiger partial charge in [-0.3, -0.25) is 9.63 Å². The molecule has 1 amide bonds. The molecule has 1 aromatic rings. The van der Waals surface area contributed by atoms with Gasteiger partial charge in [0.15, 0.2) is 6.61 Å². The van der Waals surface area contributed by atoms with Crippen molar-refractivity contribution < 1.29 is 22.8 Å². The second-order valence-corrected chi connectivity index (χ2v) is 4.51. The van der Waals surface area contributed by atoms with Crippen molar-refractivity contribution in [3.05, 3.63) is 30.3 Å². The number of hydrogen-bond acceptors (Lipinski definition) is 3. The zero-order valence-corrected chi connectivity index (χ0v) is 10.2. The number of hydrogen-bond donors (Lipinski definition) is 1. The van der Waals surface area contributed by atoms with Gasteiger partial charge >= 0.3 is 6.18 Å². The Morgan fingerprint density at radius 1 is 1.28 bits per heavy atom. The quantitative estimate of drug-likeness (QED) is 0.643. The molecule has 0 fully saturated rings. The van der Waals surface area contributed by atoms with Crippen LogP contribution in [-0.4, -0.2) is 24.4 Å². The summed E-state index contributed by atoms with van der Waals surface area (Å²) >= 11 is 1.45. The molecule has 0 saturated carbocycles. The van der Waals surface area contributed by atoms with Crippen molar-refractivity contribution in [2.24, 2.45) is 0 Å². The van der Waals surface area contributed by atoms with E-state index in [9.17, 15) is 18.0 Å². The summed E-state index contributed by atoms with van der Waals surface area (Å²) in [5.74, 6) is -0.0896. The molecule has 0 radical (unpaired) electrons. The molecule has 100 valence electrons. The van der Waals surface area contributed by atoms with Gasteiger partial charge < -0.3 is 0 Å². The van der Waals surface area contributed by atoms with E-state index in [4.69, 9.17) is 0 Å². The lowest BCUT2D eigenvalue weighted by molar-refractivity contribution is -0.191. The maximum absolute atomic E-state index is 11.7. The summed E-state index contributed by atoms with van der Waals surface area (Å²) in [6.07, 6.45) is -4.34. The predicted octanol–water partition coefficient (Wildman–Crippen LogP) is 2.78. The van der Waals surface area contributed by atoms with Gasteiger partial charge in [-0.25, -0.2) is 5.48 Å². The second kappa shape index (κ2) is 7.27. The molecule has 0 unspecified atom stereocenters. The molecule has 0 heterocycles. The van der Waals surface area contributed by atoms with Crippen LogP contribution in [-0.2, 0) is 9.63 Å². The predicted molar refractivity (Wildman–Crippen MR) is 61.9 cm³/mol. The van der Waals surface area contributed by atoms with Crippen molar-refractivity contribution in [3.8, 4) is 0 Å². The summed E-state index contributed by atoms with van der Waals surface area (Å²) in [6, 6.07) is 9.40. The summed E-state index contributed by atoms with van der Waals surface area (Å²) in [4.78, 5) is 16.1. The van der Waals surface area contributed by atoms with E-state index in [1.54, 1.807) is 5.48 Å². The number of nitrogens with one attached hydrogen (secondary N) is 1. The van der Waals surface area contributed by atoms with E-state index >= 15 is 0 Å². The van der Waals surface area contributed by atoms with Gasteiger partial charge in [0.25, 0.3) is 0 Å². The van der Waals surface area contributed by atoms with E-state index in [1.165, 1.54) is 11.8 Å². The van der Waals surface area contributed by atoms with Crippen molar-refractivity contribution >= 4 is 17.7 Å². The average Bonchev–Trinajstić information content (AvgIpc) is 2.28. The topological polar surface area (TPSA) is 38.3 Å². The molecular weight excluding hydrogens is 267 g/mol. The standard InChI is InChI=1S/C11H12F3NO2S/c12-11(13,14)8-17-15-10(16)6-7-18-9-4-2-1-3-5-9/h1-5H,6-8H2,(H,15,16). The molecule has 0 atom stereocenters. The molecule has 0 aliphatic rings. The molecule has 3 nitrogen and oxygen atoms in total. The first-order valence-electron chi connectivity index (χ1n) is 5.12. The fourth-order valence-corrected chi connectivity index (χ4v) is 1.90. The summed E-state index contributed by atoms with van der Waals surface area (Å²) in [7, 11) is 0. The van der Waals surface area contributed by atoms with Crippen LogP contribution in [0.5, 0.6) is 0 Å². The highest BCUT2D eigenvalue weighted by Crippen LogP contribution is 2.17. The SMILES string of the molecule is O=C(CCSc1ccccc1)NOCC(F)(F)F. The van der Waals surface area contributed by atoms with Gasteiger partial charge in [0.1, 0.15) is 0 Å². The molecule has 0 bridgehead atoms. The highest BCUT2D eigenvalue weighted by atomic mass is 32.2. The Morgan fingerprint density at radius 3 is 2.56 bits per heavy atom. The summed E-state index contributed by atoms with van der Waals surface area (Å²) in [6.45, 7) is -1.48. The maximum Gasteiger partial charge on any atom is 0.414 e. The number of thioether (sulfide) groups is 1. The molecule has 0 aliphatic heterocycles. The second-order valence-electron chi connectivity index (χ2n) is 3.34. The molecule has 0 aliphatic carbocycles. The van der Waals surface area contributed by atoms with E-state index in [0.717, 1.165) is 4.90 Å². The fourth-order valence-electron chi connectivity index (χ4n) is 1.03. The number of hydroxylamine groups is 1. The van der Waals surface area contributed by atoms with Crippen molar-refractivity contribution in [1.29, 1.82) is 0 Å². The lowest BCUT2D eigenvalue weighted by Gasteiger charge is -2.08. The fraction of sp³-hybridized carbons (Fsp3) is 0.364. The van der Waals surface area contributed by atoms with Crippen LogP contribution in [0.15, 0.2) is 35.2 Å². The number of alkyl halides is 3. The van der Waals surface area contributed by atoms with E-state index in [-0.39, 0.29) is 6.42 Å². The zero-order valence-electron chi connectivity index (χ0n) is 9.37. The molecule has 0 aromatic heterocycles. The third-order valence-corrected chi connectivity index (χ3v) is 2.78. The van der Waals surface area contributed by atoms with Crippen molar-refractivity contribution in [2.45, 2.75) is 17.5 Å². The lowest BCUT2D eigenvalue weighted by Crippen LogP contribution is -2.29. The number of amides is 1. The third kappa shape index (κ3) is 7.18. The first-order chi connectivity index (χ1) is 8.47. The first kappa shape index (κ1) is 14.8. The number of rotatable bonds is 6. The highest BCUT2D eigenvalue weighted by Gasteiger charge is 2.28. The Kier molecular flexibility index (Phi) is 6.00. The average molecular weight is 279 g/mol. The van der Waals surface area contributed by atoms with E-state index in [1.807, 2.05) is 30.3 Å². The van der Waals surface area contributed by atoms with Crippen LogP contribution in [0.2, 0.25) is 0 Å². The molecule has 1 N–H and O–H groups in total. The van der Waals surface area contributed by atoms with Gasteiger partial charge in [0.05, 0.1) is 0 Å². The number of halogens is 3. The first-order valence-corrected chi connectivity index (χ1v) is 6.11. The van der Waals surface area contributed by atoms with Gasteiger partial charge in [-0.1, -0.05) is 18.2 Å². The number of carbonyl (C=O) groups excluding carboxylic acids is 1. The highest BCUT2D eigenvalue weighted by molar-refractivity contribution is 7.99. The molecule has 7 heteroatoms. The van der Waals surface area contributed by atoms with Gasteiger partial charge in [0.2, 0.25) is 5.91 Å². The van der Waals surface area contributed by atoms with Crippen LogP contribution in [0, 0.1) is 0 Å². The van der Waals surface area contributed by atoms with Crippen molar-refractivity contribution in [3.63, 3.8) is 0 Å². The van der Waals surface area contributed by atoms with Crippen LogP contribution < -0.4 is 5.48 Å². The Labute approximate surface area is 107 Å². The monoisotopic (exact) mass is 279 g/mol. The summed E-state index contributed by atoms with van der Waals surface area (Å²) in [5, 5.41) is 0. The van der Waals surface area contributed by atoms with E-state index in [0.29, 0.717) is 5.75 Å². The molecule has 0 spiro atoms. The van der Waals surface area contributed by atoms with Gasteiger partial charge in [-0.05, 0) is 12.1 Å². The van der Waals surface area contributed by atoms with Crippen LogP contribution in [0.1, 0.15) is 6.42 Å². The normalized spacial score (nSPS) is 11.3. The Hall–Kier alpha value is -1.21. The lowest BCUT2D eigenvalue weighted by atomic mass is 10.4. The van der Waals surface area contributed by atoms with Crippen molar-refractivity contribution in [2.75, 3.05) is 12.4 Å². The van der Waals surface area contributed by atoms with Gasteiger partial charge in [0, 0.05) is 17.1 Å². The molecule has 0 saturated heterocycles. The van der Waals surface area contributed by atoms with Gasteiger partial charge in [-0.2, -0.15) is 13.2 Å². The third-order valence-electron chi connectivity index (χ3n) is 1.76. The van der Waals surface area contributed by atoms with Gasteiger partial charge in [-0.15, -0.1) is 11.8 Å². The smallest absolute Gasteiger partial charge is 0.273 e. The van der Waals surface area contributed by atoms with Crippen molar-refractivity contribution in [1.82, 2.24) is 5.48 Å². The molecule has 18 heavy (non-hydrogen) atoms. The summed E-state index contributed by atoms with van der Waals surface area (Å²) in [5.41, 5.74) is 1.75. The minimum atomic E-state index is -4.44. The molecule has 1 rings (SSSR count). The minimum absolute atomic E-state index is 0.0947. The Balaban J connectivity index is 2.11. The number of carbonyl (C=O) groups is 1. The number of benzene rings is 1. The van der Waals surface area contributed by atoms with Crippen LogP contribution in [0.4, 0.5) is 13.2 Å². The van der Waals surface area contributed by atoms with E-state index in [2.05, 4.69) is 4.84 Å². The Morgan fingerprint density at radius 2 is 1.94 bits per heavy atom. The summed E-state index contributed by atoms with van der Waals surface area (Å²) < 4.78 is 35.1. The minimum Gasteiger partial charge on any atom is -0.273 e. The van der Waals surface area contributed by atoms with Crippen LogP contribution >= 0.6 is 11.8 Å².